The predicted octanol–water partition coefficient (Wildman–Crippen LogP) is 0.496. The number of hydrogen-bond acceptors (Lipinski definition) is 3. The number of carbonyl (C=O) groups excluding carboxylic acids is 1. The van der Waals surface area contributed by atoms with E-state index in [0.29, 0.717) is 0 Å². The zero-order valence-corrected chi connectivity index (χ0v) is 9.73. The number of hydrogen-bond donors (Lipinski definition) is 0. The topological polar surface area (TPSA) is 32.8 Å². The zero-order valence-electron chi connectivity index (χ0n) is 9.73. The van der Waals surface area contributed by atoms with Crippen molar-refractivity contribution in [2.24, 2.45) is 0 Å². The largest absolute Gasteiger partial charge is 0.368 e. The molecule has 2 aliphatic heterocycles. The number of ether oxygens (including phenoxy) is 1. The number of piperazine rings is 1. The highest BCUT2D eigenvalue weighted by molar-refractivity contribution is 5.81. The van der Waals surface area contributed by atoms with Crippen molar-refractivity contribution < 1.29 is 9.53 Å². The van der Waals surface area contributed by atoms with Gasteiger partial charge in [0.2, 0.25) is 0 Å². The minimum absolute atomic E-state index is 0.161. The van der Waals surface area contributed by atoms with E-state index >= 15 is 0 Å². The lowest BCUT2D eigenvalue weighted by Crippen LogP contribution is -2.51. The van der Waals surface area contributed by atoms with E-state index in [1.807, 2.05) is 11.0 Å². The molecule has 0 bridgehead atoms. The Kier molecular flexibility index (Phi) is 3.96. The maximum absolute atomic E-state index is 12.0. The number of carbonyl (C=O) groups is 1. The van der Waals surface area contributed by atoms with E-state index < -0.39 is 0 Å². The second kappa shape index (κ2) is 5.46. The van der Waals surface area contributed by atoms with Crippen molar-refractivity contribution in [3.63, 3.8) is 0 Å². The highest BCUT2D eigenvalue weighted by Crippen LogP contribution is 2.15. The number of amides is 1. The lowest BCUT2D eigenvalue weighted by molar-refractivity contribution is -0.142. The summed E-state index contributed by atoms with van der Waals surface area (Å²) in [4.78, 5) is 16.3. The molecule has 0 aromatic carbocycles. The summed E-state index contributed by atoms with van der Waals surface area (Å²) in [6.07, 6.45) is 3.67. The van der Waals surface area contributed by atoms with Gasteiger partial charge in [-0.05, 0) is 12.8 Å². The van der Waals surface area contributed by atoms with Crippen molar-refractivity contribution in [2.45, 2.75) is 18.9 Å². The molecule has 0 aromatic rings. The van der Waals surface area contributed by atoms with Crippen molar-refractivity contribution in [3.05, 3.63) is 12.7 Å². The van der Waals surface area contributed by atoms with Crippen LogP contribution in [0.2, 0.25) is 0 Å². The SMILES string of the molecule is C=CCN1CCN(C(=O)[C@H]2CCCO2)CC1. The Bertz CT molecular complexity index is 254. The van der Waals surface area contributed by atoms with E-state index in [1.165, 1.54) is 0 Å². The van der Waals surface area contributed by atoms with Crippen LogP contribution in [-0.2, 0) is 9.53 Å². The van der Waals surface area contributed by atoms with Crippen LogP contribution >= 0.6 is 0 Å². The minimum Gasteiger partial charge on any atom is -0.368 e. The van der Waals surface area contributed by atoms with Crippen LogP contribution in [0.1, 0.15) is 12.8 Å². The Balaban J connectivity index is 1.79. The Morgan fingerprint density at radius 1 is 1.38 bits per heavy atom. The first-order valence-corrected chi connectivity index (χ1v) is 6.05. The third-order valence-electron chi connectivity index (χ3n) is 3.28. The van der Waals surface area contributed by atoms with E-state index in [-0.39, 0.29) is 12.0 Å². The van der Waals surface area contributed by atoms with E-state index in [1.54, 1.807) is 0 Å². The van der Waals surface area contributed by atoms with Gasteiger partial charge in [-0.25, -0.2) is 0 Å². The summed E-state index contributed by atoms with van der Waals surface area (Å²) < 4.78 is 5.42. The molecule has 2 fully saturated rings. The van der Waals surface area contributed by atoms with Crippen LogP contribution in [0, 0.1) is 0 Å². The Morgan fingerprint density at radius 2 is 2.12 bits per heavy atom. The molecule has 2 saturated heterocycles. The third-order valence-corrected chi connectivity index (χ3v) is 3.28. The van der Waals surface area contributed by atoms with Crippen LogP contribution in [0.3, 0.4) is 0 Å². The van der Waals surface area contributed by atoms with Gasteiger partial charge >= 0.3 is 0 Å². The van der Waals surface area contributed by atoms with Crippen molar-refractivity contribution in [3.8, 4) is 0 Å². The summed E-state index contributed by atoms with van der Waals surface area (Å²) >= 11 is 0. The smallest absolute Gasteiger partial charge is 0.251 e. The fourth-order valence-electron chi connectivity index (χ4n) is 2.31. The fraction of sp³-hybridized carbons (Fsp3) is 0.750. The summed E-state index contributed by atoms with van der Waals surface area (Å²) in [7, 11) is 0. The zero-order chi connectivity index (χ0) is 11.4. The van der Waals surface area contributed by atoms with Crippen LogP contribution < -0.4 is 0 Å². The molecule has 0 saturated carbocycles. The molecule has 4 heteroatoms. The number of nitrogens with zero attached hydrogens (tertiary/aromatic N) is 2. The average molecular weight is 224 g/mol. The first-order valence-electron chi connectivity index (χ1n) is 6.05. The molecule has 0 unspecified atom stereocenters. The number of rotatable bonds is 3. The Morgan fingerprint density at radius 3 is 2.69 bits per heavy atom. The van der Waals surface area contributed by atoms with Crippen LogP contribution in [0.5, 0.6) is 0 Å². The van der Waals surface area contributed by atoms with Gasteiger partial charge in [-0.2, -0.15) is 0 Å². The molecule has 0 aliphatic carbocycles. The lowest BCUT2D eigenvalue weighted by atomic mass is 10.2. The van der Waals surface area contributed by atoms with Crippen LogP contribution in [-0.4, -0.2) is 61.1 Å². The second-order valence-corrected chi connectivity index (χ2v) is 4.42. The quantitative estimate of drug-likeness (QED) is 0.654. The molecule has 90 valence electrons. The molecule has 0 aromatic heterocycles. The fourth-order valence-corrected chi connectivity index (χ4v) is 2.31. The monoisotopic (exact) mass is 224 g/mol. The second-order valence-electron chi connectivity index (χ2n) is 4.42. The molecular formula is C12H20N2O2. The standard InChI is InChI=1S/C12H20N2O2/c1-2-5-13-6-8-14(9-7-13)12(15)11-4-3-10-16-11/h2,11H,1,3-10H2/t11-/m1/s1. The van der Waals surface area contributed by atoms with Crippen LogP contribution in [0.15, 0.2) is 12.7 Å². The van der Waals surface area contributed by atoms with Crippen molar-refractivity contribution in [1.29, 1.82) is 0 Å². The summed E-state index contributed by atoms with van der Waals surface area (Å²) in [6, 6.07) is 0. The average Bonchev–Trinajstić information content (AvgIpc) is 2.83. The maximum atomic E-state index is 12.0. The van der Waals surface area contributed by atoms with Gasteiger partial charge in [-0.3, -0.25) is 9.69 Å². The molecular weight excluding hydrogens is 204 g/mol. The van der Waals surface area contributed by atoms with Gasteiger partial charge in [0.15, 0.2) is 0 Å². The van der Waals surface area contributed by atoms with Gasteiger partial charge in [0.1, 0.15) is 6.10 Å². The van der Waals surface area contributed by atoms with Crippen molar-refractivity contribution in [2.75, 3.05) is 39.3 Å². The predicted molar refractivity (Wildman–Crippen MR) is 62.2 cm³/mol. The van der Waals surface area contributed by atoms with Gasteiger partial charge in [-0.1, -0.05) is 6.08 Å². The van der Waals surface area contributed by atoms with Gasteiger partial charge in [-0.15, -0.1) is 6.58 Å². The molecule has 1 atom stereocenters. The summed E-state index contributed by atoms with van der Waals surface area (Å²) in [6.45, 7) is 8.94. The Labute approximate surface area is 96.8 Å². The van der Waals surface area contributed by atoms with Gasteiger partial charge in [0.05, 0.1) is 0 Å². The molecule has 0 radical (unpaired) electrons. The molecule has 16 heavy (non-hydrogen) atoms. The van der Waals surface area contributed by atoms with Gasteiger partial charge < -0.3 is 9.64 Å². The molecule has 2 aliphatic rings. The lowest BCUT2D eigenvalue weighted by Gasteiger charge is -2.35. The molecule has 0 spiro atoms. The highest BCUT2D eigenvalue weighted by Gasteiger charge is 2.29. The van der Waals surface area contributed by atoms with Crippen LogP contribution in [0.25, 0.3) is 0 Å². The van der Waals surface area contributed by atoms with E-state index in [0.717, 1.165) is 52.2 Å². The highest BCUT2D eigenvalue weighted by atomic mass is 16.5. The molecule has 0 N–H and O–H groups in total. The minimum atomic E-state index is -0.161. The van der Waals surface area contributed by atoms with Gasteiger partial charge in [0, 0.05) is 39.3 Å². The summed E-state index contributed by atoms with van der Waals surface area (Å²) in [5.74, 6) is 0.191. The normalized spacial score (nSPS) is 27.0. The van der Waals surface area contributed by atoms with Crippen molar-refractivity contribution >= 4 is 5.91 Å². The van der Waals surface area contributed by atoms with E-state index in [4.69, 9.17) is 4.74 Å². The first kappa shape index (κ1) is 11.6. The maximum Gasteiger partial charge on any atom is 0.251 e. The van der Waals surface area contributed by atoms with Gasteiger partial charge in [0.25, 0.3) is 5.91 Å². The van der Waals surface area contributed by atoms with Crippen LogP contribution in [0.4, 0.5) is 0 Å². The van der Waals surface area contributed by atoms with E-state index in [2.05, 4.69) is 11.5 Å². The van der Waals surface area contributed by atoms with Crippen molar-refractivity contribution in [1.82, 2.24) is 9.80 Å². The Hall–Kier alpha value is -0.870. The third kappa shape index (κ3) is 2.62. The summed E-state index contributed by atoms with van der Waals surface area (Å²) in [5.41, 5.74) is 0. The molecule has 1 amide bonds. The molecule has 2 heterocycles. The molecule has 4 nitrogen and oxygen atoms in total. The van der Waals surface area contributed by atoms with E-state index in [9.17, 15) is 4.79 Å². The first-order chi connectivity index (χ1) is 7.81. The summed E-state index contributed by atoms with van der Waals surface area (Å²) in [5, 5.41) is 0. The molecule has 2 rings (SSSR count).